The van der Waals surface area contributed by atoms with Crippen molar-refractivity contribution in [2.75, 3.05) is 18.1 Å². The number of hydrogen-bond donors (Lipinski definition) is 0. The molecule has 1 aliphatic heterocycles. The van der Waals surface area contributed by atoms with Gasteiger partial charge in [0.1, 0.15) is 0 Å². The number of sulfone groups is 1. The van der Waals surface area contributed by atoms with Crippen LogP contribution >= 0.6 is 0 Å². The Morgan fingerprint density at radius 2 is 1.95 bits per heavy atom. The summed E-state index contributed by atoms with van der Waals surface area (Å²) in [6.07, 6.45) is -2.42. The van der Waals surface area contributed by atoms with Crippen molar-refractivity contribution in [3.8, 4) is 0 Å². The van der Waals surface area contributed by atoms with Gasteiger partial charge in [-0.15, -0.1) is 0 Å². The summed E-state index contributed by atoms with van der Waals surface area (Å²) in [6.45, 7) is -0.606. The lowest BCUT2D eigenvalue weighted by Crippen LogP contribution is -2.39. The number of nitrogens with zero attached hydrogens (tertiary/aromatic N) is 1. The molecule has 0 saturated carbocycles. The van der Waals surface area contributed by atoms with Gasteiger partial charge in [-0.25, -0.2) is 17.2 Å². The smallest absolute Gasteiger partial charge is 0.255 e. The van der Waals surface area contributed by atoms with E-state index in [1.165, 1.54) is 0 Å². The Bertz CT molecular complexity index is 589. The Morgan fingerprint density at radius 3 is 2.48 bits per heavy atom. The van der Waals surface area contributed by atoms with Gasteiger partial charge in [0.15, 0.2) is 9.84 Å². The zero-order chi connectivity index (χ0) is 15.5. The molecule has 1 fully saturated rings. The standard InChI is InChI=1S/C14H17F2NO3S/c15-13(16)9-17(8-11-4-2-1-3-5-11)14(18)12-6-7-21(19,20)10-12/h1-5,12-13H,6-10H2. The summed E-state index contributed by atoms with van der Waals surface area (Å²) >= 11 is 0. The first kappa shape index (κ1) is 15.9. The van der Waals surface area contributed by atoms with E-state index in [2.05, 4.69) is 0 Å². The van der Waals surface area contributed by atoms with Gasteiger partial charge in [-0.2, -0.15) is 0 Å². The topological polar surface area (TPSA) is 54.5 Å². The highest BCUT2D eigenvalue weighted by Gasteiger charge is 2.36. The van der Waals surface area contributed by atoms with Crippen molar-refractivity contribution >= 4 is 15.7 Å². The molecule has 0 N–H and O–H groups in total. The number of benzene rings is 1. The van der Waals surface area contributed by atoms with Crippen LogP contribution in [0.25, 0.3) is 0 Å². The van der Waals surface area contributed by atoms with Crippen LogP contribution in [-0.2, 0) is 21.2 Å². The van der Waals surface area contributed by atoms with E-state index in [-0.39, 0.29) is 24.5 Å². The molecular weight excluding hydrogens is 300 g/mol. The van der Waals surface area contributed by atoms with Crippen molar-refractivity contribution in [1.82, 2.24) is 4.90 Å². The molecule has 0 bridgehead atoms. The molecule has 2 rings (SSSR count). The van der Waals surface area contributed by atoms with Gasteiger partial charge >= 0.3 is 0 Å². The first-order valence-corrected chi connectivity index (χ1v) is 8.51. The molecule has 0 aromatic heterocycles. The molecule has 1 aromatic carbocycles. The Hall–Kier alpha value is -1.50. The third-order valence-corrected chi connectivity index (χ3v) is 5.24. The second-order valence-corrected chi connectivity index (χ2v) is 7.42. The van der Waals surface area contributed by atoms with Gasteiger partial charge in [0.05, 0.1) is 24.0 Å². The highest BCUT2D eigenvalue weighted by atomic mass is 32.2. The number of carbonyl (C=O) groups is 1. The van der Waals surface area contributed by atoms with E-state index in [0.717, 1.165) is 10.5 Å². The lowest BCUT2D eigenvalue weighted by Gasteiger charge is -2.25. The fraction of sp³-hybridized carbons (Fsp3) is 0.500. The monoisotopic (exact) mass is 317 g/mol. The third-order valence-electron chi connectivity index (χ3n) is 3.47. The van der Waals surface area contributed by atoms with Gasteiger partial charge in [-0.1, -0.05) is 30.3 Å². The van der Waals surface area contributed by atoms with Crippen LogP contribution in [0.5, 0.6) is 0 Å². The highest BCUT2D eigenvalue weighted by molar-refractivity contribution is 7.91. The normalized spacial score (nSPS) is 20.6. The minimum absolute atomic E-state index is 0.0444. The molecule has 1 atom stereocenters. The molecule has 4 nitrogen and oxygen atoms in total. The number of carbonyl (C=O) groups excluding carboxylic acids is 1. The number of alkyl halides is 2. The quantitative estimate of drug-likeness (QED) is 0.831. The SMILES string of the molecule is O=C(C1CCS(=O)(=O)C1)N(Cc1ccccc1)CC(F)F. The van der Waals surface area contributed by atoms with Gasteiger partial charge in [-0.05, 0) is 12.0 Å². The highest BCUT2D eigenvalue weighted by Crippen LogP contribution is 2.22. The van der Waals surface area contributed by atoms with E-state index in [4.69, 9.17) is 0 Å². The molecule has 1 amide bonds. The fourth-order valence-corrected chi connectivity index (χ4v) is 4.18. The maximum absolute atomic E-state index is 12.7. The molecule has 1 saturated heterocycles. The lowest BCUT2D eigenvalue weighted by atomic mass is 10.1. The molecule has 116 valence electrons. The fourth-order valence-electron chi connectivity index (χ4n) is 2.45. The molecule has 7 heteroatoms. The van der Waals surface area contributed by atoms with E-state index >= 15 is 0 Å². The third kappa shape index (κ3) is 4.49. The predicted molar refractivity (Wildman–Crippen MR) is 74.6 cm³/mol. The molecule has 1 aliphatic rings. The van der Waals surface area contributed by atoms with Gasteiger partial charge in [0, 0.05) is 6.54 Å². The summed E-state index contributed by atoms with van der Waals surface area (Å²) in [5.41, 5.74) is 0.743. The molecule has 1 unspecified atom stereocenters. The molecule has 0 spiro atoms. The van der Waals surface area contributed by atoms with Crippen molar-refractivity contribution in [2.45, 2.75) is 19.4 Å². The average molecular weight is 317 g/mol. The summed E-state index contributed by atoms with van der Waals surface area (Å²) in [5.74, 6) is -1.48. The lowest BCUT2D eigenvalue weighted by molar-refractivity contribution is -0.137. The van der Waals surface area contributed by atoms with Crippen LogP contribution in [0.15, 0.2) is 30.3 Å². The van der Waals surface area contributed by atoms with Gasteiger partial charge < -0.3 is 4.90 Å². The molecule has 0 aliphatic carbocycles. The van der Waals surface area contributed by atoms with Gasteiger partial charge in [-0.3, -0.25) is 4.79 Å². The summed E-state index contributed by atoms with van der Waals surface area (Å²) < 4.78 is 48.2. The van der Waals surface area contributed by atoms with Gasteiger partial charge in [0.2, 0.25) is 5.91 Å². The van der Waals surface area contributed by atoms with Crippen molar-refractivity contribution in [3.05, 3.63) is 35.9 Å². The summed E-state index contributed by atoms with van der Waals surface area (Å²) in [7, 11) is -3.21. The zero-order valence-electron chi connectivity index (χ0n) is 11.4. The first-order chi connectivity index (χ1) is 9.87. The molecule has 21 heavy (non-hydrogen) atoms. The van der Waals surface area contributed by atoms with Crippen LogP contribution in [0, 0.1) is 5.92 Å². The summed E-state index contributed by atoms with van der Waals surface area (Å²) in [6, 6.07) is 8.82. The van der Waals surface area contributed by atoms with Crippen LogP contribution < -0.4 is 0 Å². The van der Waals surface area contributed by atoms with E-state index in [1.807, 2.05) is 0 Å². The minimum atomic E-state index is -3.21. The molecule has 1 heterocycles. The number of amides is 1. The van der Waals surface area contributed by atoms with Crippen molar-refractivity contribution in [1.29, 1.82) is 0 Å². The second-order valence-electron chi connectivity index (χ2n) is 5.20. The van der Waals surface area contributed by atoms with Crippen LogP contribution in [0.4, 0.5) is 8.78 Å². The van der Waals surface area contributed by atoms with Crippen molar-refractivity contribution in [3.63, 3.8) is 0 Å². The molecule has 1 aromatic rings. The minimum Gasteiger partial charge on any atom is -0.332 e. The van der Waals surface area contributed by atoms with Gasteiger partial charge in [0.25, 0.3) is 6.43 Å². The van der Waals surface area contributed by atoms with E-state index < -0.39 is 34.6 Å². The number of halogens is 2. The van der Waals surface area contributed by atoms with Crippen molar-refractivity contribution in [2.24, 2.45) is 5.92 Å². The van der Waals surface area contributed by atoms with E-state index in [0.29, 0.717) is 0 Å². The molecular formula is C14H17F2NO3S. The average Bonchev–Trinajstić information content (AvgIpc) is 2.78. The van der Waals surface area contributed by atoms with E-state index in [9.17, 15) is 22.0 Å². The summed E-state index contributed by atoms with van der Waals surface area (Å²) in [4.78, 5) is 13.4. The van der Waals surface area contributed by atoms with Crippen molar-refractivity contribution < 1.29 is 22.0 Å². The number of hydrogen-bond acceptors (Lipinski definition) is 3. The Labute approximate surface area is 122 Å². The van der Waals surface area contributed by atoms with Crippen LogP contribution in [0.1, 0.15) is 12.0 Å². The maximum atomic E-state index is 12.7. The Kier molecular flexibility index (Phi) is 4.92. The zero-order valence-corrected chi connectivity index (χ0v) is 12.2. The maximum Gasteiger partial charge on any atom is 0.255 e. The van der Waals surface area contributed by atoms with Crippen LogP contribution in [0.2, 0.25) is 0 Å². The van der Waals surface area contributed by atoms with E-state index in [1.54, 1.807) is 30.3 Å². The van der Waals surface area contributed by atoms with Crippen LogP contribution in [0.3, 0.4) is 0 Å². The van der Waals surface area contributed by atoms with Crippen LogP contribution in [-0.4, -0.2) is 43.7 Å². The Balaban J connectivity index is 2.10. The number of rotatable bonds is 5. The largest absolute Gasteiger partial charge is 0.332 e. The summed E-state index contributed by atoms with van der Waals surface area (Å²) in [5, 5.41) is 0. The Morgan fingerprint density at radius 1 is 1.29 bits per heavy atom. The first-order valence-electron chi connectivity index (χ1n) is 6.68. The second kappa shape index (κ2) is 6.51. The predicted octanol–water partition coefficient (Wildman–Crippen LogP) is 1.71. The molecule has 0 radical (unpaired) electrons.